The second-order valence-electron chi connectivity index (χ2n) is 6.79. The van der Waals surface area contributed by atoms with Crippen LogP contribution >= 0.6 is 0 Å². The molecular weight excluding hydrogens is 438 g/mol. The van der Waals surface area contributed by atoms with E-state index in [1.54, 1.807) is 33.0 Å². The van der Waals surface area contributed by atoms with Crippen LogP contribution in [0.25, 0.3) is 0 Å². The van der Waals surface area contributed by atoms with E-state index in [1.807, 2.05) is 0 Å². The molecule has 0 atom stereocenters. The number of hydrogen-bond acceptors (Lipinski definition) is 7. The third-order valence-electron chi connectivity index (χ3n) is 4.61. The first-order valence-corrected chi connectivity index (χ1v) is 11.4. The van der Waals surface area contributed by atoms with Gasteiger partial charge in [0.1, 0.15) is 12.3 Å². The lowest BCUT2D eigenvalue weighted by atomic mass is 10.2. The summed E-state index contributed by atoms with van der Waals surface area (Å²) in [6, 6.07) is 8.84. The fraction of sp³-hybridized carbons (Fsp3) is 0.381. The Hall–Kier alpha value is -3.18. The summed E-state index contributed by atoms with van der Waals surface area (Å²) in [6.07, 6.45) is 1.49. The third-order valence-corrected chi connectivity index (χ3v) is 6.67. The number of nitrogens with zero attached hydrogens (tertiary/aromatic N) is 2. The van der Waals surface area contributed by atoms with Gasteiger partial charge in [0.2, 0.25) is 10.0 Å². The normalized spacial score (nSPS) is 11.2. The maximum absolute atomic E-state index is 12.5. The molecule has 0 aliphatic heterocycles. The number of amides is 2. The molecule has 0 unspecified atom stereocenters. The lowest BCUT2D eigenvalue weighted by Gasteiger charge is -2.18. The average molecular weight is 466 g/mol. The average Bonchev–Trinajstić information content (AvgIpc) is 3.29. The molecule has 1 N–H and O–H groups in total. The molecule has 1 aromatic heterocycles. The van der Waals surface area contributed by atoms with Gasteiger partial charge in [0.25, 0.3) is 11.8 Å². The Balaban J connectivity index is 1.81. The lowest BCUT2D eigenvalue weighted by molar-refractivity contribution is -0.150. The largest absolute Gasteiger partial charge is 0.467 e. The molecule has 0 bridgehead atoms. The van der Waals surface area contributed by atoms with Crippen LogP contribution in [0, 0.1) is 0 Å². The van der Waals surface area contributed by atoms with Crippen LogP contribution in [0.3, 0.4) is 0 Å². The standard InChI is InChI=1S/C21H27N3O7S/c1-4-24(5-2)32(28,29)18-10-8-16(9-11-18)21(27)22-13-20(26)31-15-19(25)23(3)14-17-7-6-12-30-17/h6-12H,4-5,13-15H2,1-3H3,(H,22,27). The predicted molar refractivity (Wildman–Crippen MR) is 115 cm³/mol. The molecule has 2 amide bonds. The molecule has 0 spiro atoms. The Kier molecular flexibility index (Phi) is 8.97. The fourth-order valence-corrected chi connectivity index (χ4v) is 4.23. The summed E-state index contributed by atoms with van der Waals surface area (Å²) < 4.78 is 36.3. The number of nitrogens with one attached hydrogen (secondary N) is 1. The number of sulfonamides is 1. The number of carbonyl (C=O) groups excluding carboxylic acids is 3. The highest BCUT2D eigenvalue weighted by atomic mass is 32.2. The monoisotopic (exact) mass is 465 g/mol. The first kappa shape index (κ1) is 25.1. The van der Waals surface area contributed by atoms with Crippen molar-refractivity contribution in [1.82, 2.24) is 14.5 Å². The number of carbonyl (C=O) groups is 3. The Labute approximate surface area is 187 Å². The van der Waals surface area contributed by atoms with Crippen molar-refractivity contribution in [3.63, 3.8) is 0 Å². The Morgan fingerprint density at radius 3 is 2.28 bits per heavy atom. The Morgan fingerprint density at radius 1 is 1.06 bits per heavy atom. The van der Waals surface area contributed by atoms with E-state index in [1.165, 1.54) is 39.7 Å². The molecule has 10 nitrogen and oxygen atoms in total. The number of rotatable bonds is 11. The molecule has 32 heavy (non-hydrogen) atoms. The van der Waals surface area contributed by atoms with Crippen LogP contribution < -0.4 is 5.32 Å². The topological polar surface area (TPSA) is 126 Å². The molecule has 0 saturated heterocycles. The summed E-state index contributed by atoms with van der Waals surface area (Å²) in [6.45, 7) is 3.49. The molecule has 1 heterocycles. The van der Waals surface area contributed by atoms with Gasteiger partial charge >= 0.3 is 5.97 Å². The molecular formula is C21H27N3O7S. The Morgan fingerprint density at radius 2 is 1.72 bits per heavy atom. The number of esters is 1. The van der Waals surface area contributed by atoms with E-state index >= 15 is 0 Å². The zero-order chi connectivity index (χ0) is 23.7. The highest BCUT2D eigenvalue weighted by Crippen LogP contribution is 2.16. The smallest absolute Gasteiger partial charge is 0.325 e. The van der Waals surface area contributed by atoms with Crippen molar-refractivity contribution in [3.8, 4) is 0 Å². The van der Waals surface area contributed by atoms with Crippen LogP contribution in [0.2, 0.25) is 0 Å². The summed E-state index contributed by atoms with van der Waals surface area (Å²) >= 11 is 0. The SMILES string of the molecule is CCN(CC)S(=O)(=O)c1ccc(C(=O)NCC(=O)OCC(=O)N(C)Cc2ccco2)cc1. The highest BCUT2D eigenvalue weighted by Gasteiger charge is 2.22. The van der Waals surface area contributed by atoms with Crippen LogP contribution in [0.15, 0.2) is 52.0 Å². The van der Waals surface area contributed by atoms with Gasteiger partial charge in [-0.15, -0.1) is 0 Å². The predicted octanol–water partition coefficient (Wildman–Crippen LogP) is 1.24. The molecule has 0 aliphatic rings. The number of ether oxygens (including phenoxy) is 1. The van der Waals surface area contributed by atoms with Crippen LogP contribution in [0.4, 0.5) is 0 Å². The maximum atomic E-state index is 12.5. The van der Waals surface area contributed by atoms with Gasteiger partial charge in [-0.25, -0.2) is 8.42 Å². The molecule has 2 aromatic rings. The maximum Gasteiger partial charge on any atom is 0.325 e. The van der Waals surface area contributed by atoms with Crippen molar-refractivity contribution in [1.29, 1.82) is 0 Å². The molecule has 0 aliphatic carbocycles. The molecule has 174 valence electrons. The van der Waals surface area contributed by atoms with E-state index in [4.69, 9.17) is 9.15 Å². The number of likely N-dealkylation sites (N-methyl/N-ethyl adjacent to an activating group) is 1. The minimum absolute atomic E-state index is 0.0781. The highest BCUT2D eigenvalue weighted by molar-refractivity contribution is 7.89. The number of furan rings is 1. The van der Waals surface area contributed by atoms with Crippen LogP contribution in [-0.2, 0) is 30.9 Å². The lowest BCUT2D eigenvalue weighted by Crippen LogP contribution is -2.34. The molecule has 0 saturated carbocycles. The summed E-state index contributed by atoms with van der Waals surface area (Å²) in [7, 11) is -2.08. The molecule has 0 fully saturated rings. The molecule has 0 radical (unpaired) electrons. The number of hydrogen-bond donors (Lipinski definition) is 1. The summed E-state index contributed by atoms with van der Waals surface area (Å²) in [5, 5.41) is 2.38. The van der Waals surface area contributed by atoms with Gasteiger partial charge in [-0.1, -0.05) is 13.8 Å². The fourth-order valence-electron chi connectivity index (χ4n) is 2.77. The van der Waals surface area contributed by atoms with Crippen molar-refractivity contribution in [2.24, 2.45) is 0 Å². The minimum atomic E-state index is -3.62. The van der Waals surface area contributed by atoms with Gasteiger partial charge < -0.3 is 19.4 Å². The van der Waals surface area contributed by atoms with Crippen molar-refractivity contribution >= 4 is 27.8 Å². The zero-order valence-electron chi connectivity index (χ0n) is 18.2. The van der Waals surface area contributed by atoms with Crippen molar-refractivity contribution in [2.75, 3.05) is 33.3 Å². The first-order valence-electron chi connectivity index (χ1n) is 9.99. The second kappa shape index (κ2) is 11.4. The van der Waals surface area contributed by atoms with E-state index in [2.05, 4.69) is 5.32 Å². The first-order chi connectivity index (χ1) is 15.2. The summed E-state index contributed by atoms with van der Waals surface area (Å²) in [5.74, 6) is -1.18. The van der Waals surface area contributed by atoms with Crippen LogP contribution in [-0.4, -0.2) is 68.7 Å². The van der Waals surface area contributed by atoms with E-state index < -0.39 is 41.0 Å². The van der Waals surface area contributed by atoms with E-state index in [0.717, 1.165) is 0 Å². The minimum Gasteiger partial charge on any atom is -0.467 e. The molecule has 2 rings (SSSR count). The van der Waals surface area contributed by atoms with Gasteiger partial charge in [0, 0.05) is 25.7 Å². The van der Waals surface area contributed by atoms with Crippen molar-refractivity contribution in [2.45, 2.75) is 25.3 Å². The van der Waals surface area contributed by atoms with Gasteiger partial charge in [-0.05, 0) is 36.4 Å². The third kappa shape index (κ3) is 6.66. The van der Waals surface area contributed by atoms with Crippen molar-refractivity contribution < 1.29 is 32.0 Å². The van der Waals surface area contributed by atoms with Gasteiger partial charge in [0.05, 0.1) is 17.7 Å². The zero-order valence-corrected chi connectivity index (χ0v) is 19.1. The van der Waals surface area contributed by atoms with E-state index in [0.29, 0.717) is 18.8 Å². The summed E-state index contributed by atoms with van der Waals surface area (Å²) in [5.41, 5.74) is 0.186. The van der Waals surface area contributed by atoms with E-state index in [-0.39, 0.29) is 17.0 Å². The van der Waals surface area contributed by atoms with E-state index in [9.17, 15) is 22.8 Å². The molecule has 1 aromatic carbocycles. The Bertz CT molecular complexity index is 1010. The molecule has 11 heteroatoms. The number of benzene rings is 1. The van der Waals surface area contributed by atoms with Gasteiger partial charge in [-0.2, -0.15) is 4.31 Å². The van der Waals surface area contributed by atoms with Crippen molar-refractivity contribution in [3.05, 3.63) is 54.0 Å². The van der Waals surface area contributed by atoms with Gasteiger partial charge in [-0.3, -0.25) is 14.4 Å². The van der Waals surface area contributed by atoms with Crippen LogP contribution in [0.1, 0.15) is 30.0 Å². The van der Waals surface area contributed by atoms with Gasteiger partial charge in [0.15, 0.2) is 6.61 Å². The van der Waals surface area contributed by atoms with Crippen LogP contribution in [0.5, 0.6) is 0 Å². The second-order valence-corrected chi connectivity index (χ2v) is 8.72. The quantitative estimate of drug-likeness (QED) is 0.495. The summed E-state index contributed by atoms with van der Waals surface area (Å²) in [4.78, 5) is 37.5.